The van der Waals surface area contributed by atoms with E-state index in [-0.39, 0.29) is 22.2 Å². The SMILES string of the molecule is CCCOc1ccc([C@H](C)NC(=O)c2cc(Cl)ccc2NS(=O)(=O)c2ccc(Oc3ccccc3Cl)cc2)cc1. The monoisotopic (exact) mass is 598 g/mol. The van der Waals surface area contributed by atoms with Crippen molar-refractivity contribution in [1.29, 1.82) is 0 Å². The lowest BCUT2D eigenvalue weighted by molar-refractivity contribution is 0.0941. The normalized spacial score (nSPS) is 11.9. The van der Waals surface area contributed by atoms with Gasteiger partial charge in [-0.2, -0.15) is 0 Å². The van der Waals surface area contributed by atoms with Crippen LogP contribution in [-0.2, 0) is 10.0 Å². The number of rotatable bonds is 11. The van der Waals surface area contributed by atoms with Crippen molar-refractivity contribution in [3.05, 3.63) is 112 Å². The first-order valence-corrected chi connectivity index (χ1v) is 14.8. The number of ether oxygens (including phenoxy) is 2. The molecular weight excluding hydrogens is 571 g/mol. The summed E-state index contributed by atoms with van der Waals surface area (Å²) in [5, 5.41) is 3.63. The molecule has 7 nitrogen and oxygen atoms in total. The molecule has 0 fully saturated rings. The van der Waals surface area contributed by atoms with E-state index in [1.165, 1.54) is 42.5 Å². The van der Waals surface area contributed by atoms with Crippen molar-refractivity contribution in [2.45, 2.75) is 31.2 Å². The molecule has 4 aromatic carbocycles. The van der Waals surface area contributed by atoms with Crippen LogP contribution in [0, 0.1) is 0 Å². The third-order valence-electron chi connectivity index (χ3n) is 5.87. The van der Waals surface area contributed by atoms with E-state index in [9.17, 15) is 13.2 Å². The molecule has 0 aliphatic heterocycles. The van der Waals surface area contributed by atoms with E-state index in [0.717, 1.165) is 17.7 Å². The molecule has 0 saturated carbocycles. The maximum absolute atomic E-state index is 13.2. The molecule has 2 N–H and O–H groups in total. The van der Waals surface area contributed by atoms with Crippen LogP contribution in [0.5, 0.6) is 17.2 Å². The minimum atomic E-state index is -4.04. The van der Waals surface area contributed by atoms with Gasteiger partial charge in [0, 0.05) is 5.02 Å². The number of hydrogen-bond acceptors (Lipinski definition) is 5. The lowest BCUT2D eigenvalue weighted by Crippen LogP contribution is -2.28. The van der Waals surface area contributed by atoms with Crippen molar-refractivity contribution in [2.24, 2.45) is 0 Å². The number of carbonyl (C=O) groups excluding carboxylic acids is 1. The maximum Gasteiger partial charge on any atom is 0.261 e. The zero-order valence-corrected chi connectivity index (χ0v) is 24.2. The summed E-state index contributed by atoms with van der Waals surface area (Å²) < 4.78 is 40.2. The lowest BCUT2D eigenvalue weighted by Gasteiger charge is -2.18. The number of para-hydroxylation sites is 1. The summed E-state index contributed by atoms with van der Waals surface area (Å²) in [5.74, 6) is 1.13. The number of halogens is 2. The van der Waals surface area contributed by atoms with E-state index in [4.69, 9.17) is 32.7 Å². The van der Waals surface area contributed by atoms with Gasteiger partial charge in [-0.05, 0) is 85.6 Å². The fourth-order valence-corrected chi connectivity index (χ4v) is 5.19. The van der Waals surface area contributed by atoms with Gasteiger partial charge in [0.25, 0.3) is 15.9 Å². The van der Waals surface area contributed by atoms with E-state index >= 15 is 0 Å². The molecule has 0 heterocycles. The van der Waals surface area contributed by atoms with Crippen LogP contribution in [0.15, 0.2) is 95.9 Å². The second kappa shape index (κ2) is 13.1. The Hall–Kier alpha value is -3.72. The highest BCUT2D eigenvalue weighted by Crippen LogP contribution is 2.30. The van der Waals surface area contributed by atoms with Crippen molar-refractivity contribution in [3.8, 4) is 17.2 Å². The summed E-state index contributed by atoms with van der Waals surface area (Å²) in [6.45, 7) is 4.49. The molecule has 0 aliphatic carbocycles. The van der Waals surface area contributed by atoms with Crippen LogP contribution >= 0.6 is 23.2 Å². The van der Waals surface area contributed by atoms with Crippen molar-refractivity contribution in [2.75, 3.05) is 11.3 Å². The fraction of sp³-hybridized carbons (Fsp3) is 0.167. The summed E-state index contributed by atoms with van der Waals surface area (Å²) in [6, 6.07) is 24.3. The average Bonchev–Trinajstić information content (AvgIpc) is 2.94. The van der Waals surface area contributed by atoms with E-state index in [2.05, 4.69) is 10.0 Å². The van der Waals surface area contributed by atoms with E-state index < -0.39 is 15.9 Å². The molecule has 0 aromatic heterocycles. The standard InChI is InChI=1S/C30H28Cl2N2O5S/c1-3-18-38-23-11-8-21(9-12-23)20(2)33-30(35)26-19-22(31)10-17-28(26)34-40(36,37)25-15-13-24(14-16-25)39-29-7-5-4-6-27(29)32/h4-17,19-20,34H,3,18H2,1-2H3,(H,33,35)/t20-/m0/s1. The number of nitrogens with one attached hydrogen (secondary N) is 2. The molecule has 0 radical (unpaired) electrons. The number of carbonyl (C=O) groups is 1. The summed E-state index contributed by atoms with van der Waals surface area (Å²) in [7, 11) is -4.04. The number of sulfonamides is 1. The summed E-state index contributed by atoms with van der Waals surface area (Å²) in [6.07, 6.45) is 0.906. The Kier molecular flexibility index (Phi) is 9.58. The molecule has 0 unspecified atom stereocenters. The number of amides is 1. The number of anilines is 1. The van der Waals surface area contributed by atoms with Crippen molar-refractivity contribution in [1.82, 2.24) is 5.32 Å². The van der Waals surface area contributed by atoms with Gasteiger partial charge in [0.2, 0.25) is 0 Å². The predicted octanol–water partition coefficient (Wildman–Crippen LogP) is 7.87. The minimum absolute atomic E-state index is 0.0148. The van der Waals surface area contributed by atoms with E-state index in [0.29, 0.717) is 28.2 Å². The lowest BCUT2D eigenvalue weighted by atomic mass is 10.1. The third kappa shape index (κ3) is 7.47. The number of hydrogen-bond donors (Lipinski definition) is 2. The highest BCUT2D eigenvalue weighted by molar-refractivity contribution is 7.92. The van der Waals surface area contributed by atoms with Crippen LogP contribution in [0.3, 0.4) is 0 Å². The Bertz CT molecular complexity index is 1580. The van der Waals surface area contributed by atoms with Crippen LogP contribution in [0.1, 0.15) is 42.2 Å². The first kappa shape index (κ1) is 29.3. The van der Waals surface area contributed by atoms with Crippen LogP contribution in [0.25, 0.3) is 0 Å². The van der Waals surface area contributed by atoms with Crippen molar-refractivity contribution >= 4 is 44.8 Å². The van der Waals surface area contributed by atoms with Crippen molar-refractivity contribution < 1.29 is 22.7 Å². The van der Waals surface area contributed by atoms with Crippen LogP contribution in [-0.4, -0.2) is 20.9 Å². The second-order valence-corrected chi connectivity index (χ2v) is 11.4. The van der Waals surface area contributed by atoms with E-state index in [1.54, 1.807) is 24.3 Å². The summed E-state index contributed by atoms with van der Waals surface area (Å²) in [4.78, 5) is 13.2. The van der Waals surface area contributed by atoms with Gasteiger partial charge in [-0.15, -0.1) is 0 Å². The van der Waals surface area contributed by atoms with Gasteiger partial charge < -0.3 is 14.8 Å². The smallest absolute Gasteiger partial charge is 0.261 e. The molecular formula is C30H28Cl2N2O5S. The number of benzene rings is 4. The van der Waals surface area contributed by atoms with Gasteiger partial charge in [0.1, 0.15) is 17.2 Å². The highest BCUT2D eigenvalue weighted by Gasteiger charge is 2.21. The molecule has 0 aliphatic rings. The van der Waals surface area contributed by atoms with Gasteiger partial charge in [0.15, 0.2) is 0 Å². The van der Waals surface area contributed by atoms with Crippen LogP contribution in [0.2, 0.25) is 10.0 Å². The molecule has 10 heteroatoms. The quantitative estimate of drug-likeness (QED) is 0.183. The molecule has 40 heavy (non-hydrogen) atoms. The van der Waals surface area contributed by atoms with Gasteiger partial charge in [-0.3, -0.25) is 9.52 Å². The Morgan fingerprint density at radius 3 is 2.25 bits per heavy atom. The van der Waals surface area contributed by atoms with Gasteiger partial charge in [0.05, 0.1) is 33.8 Å². The van der Waals surface area contributed by atoms with Crippen molar-refractivity contribution in [3.63, 3.8) is 0 Å². The Morgan fingerprint density at radius 1 is 0.900 bits per heavy atom. The molecule has 0 saturated heterocycles. The Labute approximate surface area is 244 Å². The molecule has 4 aromatic rings. The molecule has 0 spiro atoms. The molecule has 1 amide bonds. The fourth-order valence-electron chi connectivity index (χ4n) is 3.77. The van der Waals surface area contributed by atoms with Gasteiger partial charge >= 0.3 is 0 Å². The minimum Gasteiger partial charge on any atom is -0.494 e. The summed E-state index contributed by atoms with van der Waals surface area (Å²) >= 11 is 12.3. The topological polar surface area (TPSA) is 93.7 Å². The third-order valence-corrected chi connectivity index (χ3v) is 7.80. The molecule has 1 atom stereocenters. The molecule has 0 bridgehead atoms. The molecule has 208 valence electrons. The molecule has 4 rings (SSSR count). The summed E-state index contributed by atoms with van der Waals surface area (Å²) in [5.41, 5.74) is 1.04. The van der Waals surface area contributed by atoms with Crippen LogP contribution in [0.4, 0.5) is 5.69 Å². The van der Waals surface area contributed by atoms with Gasteiger partial charge in [-0.25, -0.2) is 8.42 Å². The largest absolute Gasteiger partial charge is 0.494 e. The average molecular weight is 600 g/mol. The highest BCUT2D eigenvalue weighted by atomic mass is 35.5. The van der Waals surface area contributed by atoms with Crippen LogP contribution < -0.4 is 19.5 Å². The Morgan fingerprint density at radius 2 is 1.57 bits per heavy atom. The second-order valence-electron chi connectivity index (χ2n) is 8.91. The zero-order valence-electron chi connectivity index (χ0n) is 21.9. The predicted molar refractivity (Wildman–Crippen MR) is 158 cm³/mol. The first-order valence-electron chi connectivity index (χ1n) is 12.5. The van der Waals surface area contributed by atoms with E-state index in [1.807, 2.05) is 38.1 Å². The Balaban J connectivity index is 1.48. The first-order chi connectivity index (χ1) is 19.2. The zero-order chi connectivity index (χ0) is 28.7. The maximum atomic E-state index is 13.2. The van der Waals surface area contributed by atoms with Gasteiger partial charge in [-0.1, -0.05) is 54.4 Å².